The molecule has 210 valence electrons. The maximum absolute atomic E-state index is 12.9. The smallest absolute Gasteiger partial charge is 0.410 e. The molecule has 0 spiro atoms. The number of benzene rings is 2. The van der Waals surface area contributed by atoms with Crippen molar-refractivity contribution in [3.05, 3.63) is 59.8 Å². The average Bonchev–Trinajstić information content (AvgIpc) is 3.48. The van der Waals surface area contributed by atoms with Crippen LogP contribution in [0.15, 0.2) is 48.7 Å². The number of nitrogens with zero attached hydrogens (tertiary/aromatic N) is 3. The Labute approximate surface area is 236 Å². The van der Waals surface area contributed by atoms with Gasteiger partial charge in [0.05, 0.1) is 28.6 Å². The van der Waals surface area contributed by atoms with Crippen LogP contribution in [0.5, 0.6) is 0 Å². The number of ether oxygens (including phenoxy) is 1. The number of likely N-dealkylation sites (tertiary alicyclic amines) is 1. The lowest BCUT2D eigenvalue weighted by Gasteiger charge is -2.36. The number of β-amino-alcohol motifs (C(OH)–C–C–N with tert-alkyl or cyclic N) is 1. The molecule has 2 aromatic heterocycles. The van der Waals surface area contributed by atoms with Crippen LogP contribution in [0, 0.1) is 5.92 Å². The number of aromatic nitrogens is 2. The highest BCUT2D eigenvalue weighted by molar-refractivity contribution is 7.23. The molecule has 1 fully saturated rings. The van der Waals surface area contributed by atoms with E-state index in [1.807, 2.05) is 55.6 Å². The van der Waals surface area contributed by atoms with Gasteiger partial charge >= 0.3 is 6.09 Å². The van der Waals surface area contributed by atoms with E-state index in [0.29, 0.717) is 30.6 Å². The van der Waals surface area contributed by atoms with Gasteiger partial charge in [-0.3, -0.25) is 14.0 Å². The Morgan fingerprint density at radius 1 is 1.10 bits per heavy atom. The van der Waals surface area contributed by atoms with E-state index in [9.17, 15) is 19.5 Å². The quantitative estimate of drug-likeness (QED) is 0.338. The van der Waals surface area contributed by atoms with Gasteiger partial charge in [0.1, 0.15) is 5.60 Å². The SMILES string of the molecule is CNC(=O)c1ccc(-c2cn3c(n2)sc2cc(C(=O)NC[C@H]4CCN(C(=O)OC(C)(C)C)C[C@@H]4O)ccc23)cc1. The third-order valence-electron chi connectivity index (χ3n) is 6.92. The number of amides is 3. The summed E-state index contributed by atoms with van der Waals surface area (Å²) in [5.41, 5.74) is 3.18. The van der Waals surface area contributed by atoms with Crippen molar-refractivity contribution in [2.24, 2.45) is 5.92 Å². The van der Waals surface area contributed by atoms with Crippen molar-refractivity contribution >= 4 is 44.4 Å². The van der Waals surface area contributed by atoms with Crippen molar-refractivity contribution in [1.29, 1.82) is 0 Å². The highest BCUT2D eigenvalue weighted by Crippen LogP contribution is 2.30. The summed E-state index contributed by atoms with van der Waals surface area (Å²) in [7, 11) is 1.60. The van der Waals surface area contributed by atoms with Crippen molar-refractivity contribution in [3.63, 3.8) is 0 Å². The van der Waals surface area contributed by atoms with Crippen LogP contribution < -0.4 is 10.6 Å². The van der Waals surface area contributed by atoms with E-state index >= 15 is 0 Å². The second-order valence-corrected chi connectivity index (χ2v) is 12.0. The molecular weight excluding hydrogens is 530 g/mol. The lowest BCUT2D eigenvalue weighted by Crippen LogP contribution is -2.50. The molecule has 1 saturated heterocycles. The number of imidazole rings is 1. The summed E-state index contributed by atoms with van der Waals surface area (Å²) in [6, 6.07) is 12.8. The Morgan fingerprint density at radius 2 is 1.82 bits per heavy atom. The molecule has 0 unspecified atom stereocenters. The predicted molar refractivity (Wildman–Crippen MR) is 154 cm³/mol. The van der Waals surface area contributed by atoms with Crippen molar-refractivity contribution in [3.8, 4) is 11.3 Å². The third kappa shape index (κ3) is 5.80. The Balaban J connectivity index is 1.22. The number of thiazole rings is 1. The minimum absolute atomic E-state index is 0.136. The van der Waals surface area contributed by atoms with Crippen LogP contribution in [-0.2, 0) is 4.74 Å². The van der Waals surface area contributed by atoms with Crippen molar-refractivity contribution in [2.75, 3.05) is 26.7 Å². The molecule has 3 N–H and O–H groups in total. The van der Waals surface area contributed by atoms with E-state index in [1.165, 1.54) is 16.2 Å². The maximum atomic E-state index is 12.9. The molecule has 0 aliphatic carbocycles. The van der Waals surface area contributed by atoms with Gasteiger partial charge in [-0.25, -0.2) is 9.78 Å². The molecule has 2 atom stereocenters. The van der Waals surface area contributed by atoms with Crippen LogP contribution in [0.25, 0.3) is 26.4 Å². The van der Waals surface area contributed by atoms with E-state index in [4.69, 9.17) is 9.72 Å². The van der Waals surface area contributed by atoms with Gasteiger partial charge in [-0.2, -0.15) is 0 Å². The van der Waals surface area contributed by atoms with Crippen LogP contribution in [0.1, 0.15) is 47.9 Å². The molecule has 5 rings (SSSR count). The summed E-state index contributed by atoms with van der Waals surface area (Å²) in [4.78, 5) is 44.1. The van der Waals surface area contributed by atoms with E-state index in [0.717, 1.165) is 26.4 Å². The fourth-order valence-corrected chi connectivity index (χ4v) is 5.80. The van der Waals surface area contributed by atoms with Crippen LogP contribution >= 0.6 is 11.3 Å². The number of fused-ring (bicyclic) bond motifs is 3. The van der Waals surface area contributed by atoms with Gasteiger partial charge < -0.3 is 25.4 Å². The highest BCUT2D eigenvalue weighted by atomic mass is 32.1. The molecule has 40 heavy (non-hydrogen) atoms. The topological polar surface area (TPSA) is 125 Å². The summed E-state index contributed by atoms with van der Waals surface area (Å²) < 4.78 is 8.33. The average molecular weight is 564 g/mol. The summed E-state index contributed by atoms with van der Waals surface area (Å²) in [5.74, 6) is -0.505. The largest absolute Gasteiger partial charge is 0.444 e. The van der Waals surface area contributed by atoms with Crippen LogP contribution in [0.2, 0.25) is 0 Å². The number of hydrogen-bond acceptors (Lipinski definition) is 7. The first kappa shape index (κ1) is 27.6. The molecule has 3 heterocycles. The summed E-state index contributed by atoms with van der Waals surface area (Å²) in [5, 5.41) is 16.2. The van der Waals surface area contributed by atoms with E-state index in [1.54, 1.807) is 25.2 Å². The van der Waals surface area contributed by atoms with Crippen LogP contribution in [0.4, 0.5) is 4.79 Å². The fraction of sp³-hybridized carbons (Fsp3) is 0.379. The number of hydrogen-bond donors (Lipinski definition) is 3. The van der Waals surface area contributed by atoms with Crippen molar-refractivity contribution in [1.82, 2.24) is 24.9 Å². The fourth-order valence-electron chi connectivity index (χ4n) is 4.75. The zero-order valence-corrected chi connectivity index (χ0v) is 23.7. The molecule has 0 saturated carbocycles. The Hall–Kier alpha value is -3.96. The normalized spacial score (nSPS) is 17.7. The first-order valence-corrected chi connectivity index (χ1v) is 14.0. The second-order valence-electron chi connectivity index (χ2n) is 11.0. The minimum atomic E-state index is -0.747. The van der Waals surface area contributed by atoms with Gasteiger partial charge in [-0.15, -0.1) is 0 Å². The van der Waals surface area contributed by atoms with Gasteiger partial charge in [-0.05, 0) is 57.5 Å². The first-order chi connectivity index (χ1) is 19.0. The molecule has 1 aliphatic heterocycles. The standard InChI is InChI=1S/C29H33N5O5S/c1-29(2,3)39-28(38)33-12-11-20(23(35)16-33)14-31-26(37)19-9-10-22-24(13-19)40-27-32-21(15-34(22)27)17-5-7-18(8-6-17)25(36)30-4/h5-10,13,15,20,23,35H,11-12,14,16H2,1-4H3,(H,30,36)(H,31,37)/t20-,23+/m1/s1. The van der Waals surface area contributed by atoms with Gasteiger partial charge in [0, 0.05) is 48.9 Å². The molecule has 2 aromatic carbocycles. The van der Waals surface area contributed by atoms with Gasteiger partial charge in [-0.1, -0.05) is 23.5 Å². The molecule has 10 nitrogen and oxygen atoms in total. The third-order valence-corrected chi connectivity index (χ3v) is 7.94. The number of rotatable bonds is 5. The summed E-state index contributed by atoms with van der Waals surface area (Å²) in [6.07, 6.45) is 1.34. The van der Waals surface area contributed by atoms with Crippen LogP contribution in [0.3, 0.4) is 0 Å². The lowest BCUT2D eigenvalue weighted by atomic mass is 9.94. The molecule has 1 aliphatic rings. The van der Waals surface area contributed by atoms with Gasteiger partial charge in [0.2, 0.25) is 0 Å². The maximum Gasteiger partial charge on any atom is 0.410 e. The molecule has 11 heteroatoms. The monoisotopic (exact) mass is 563 g/mol. The molecular formula is C29H33N5O5S. The van der Waals surface area contributed by atoms with Gasteiger partial charge in [0.15, 0.2) is 4.96 Å². The number of nitrogens with one attached hydrogen (secondary N) is 2. The van der Waals surface area contributed by atoms with Gasteiger partial charge in [0.25, 0.3) is 11.8 Å². The first-order valence-electron chi connectivity index (χ1n) is 13.2. The van der Waals surface area contributed by atoms with E-state index < -0.39 is 17.8 Å². The Kier molecular flexibility index (Phi) is 7.52. The number of piperidine rings is 1. The Morgan fingerprint density at radius 3 is 2.50 bits per heavy atom. The highest BCUT2D eigenvalue weighted by Gasteiger charge is 2.32. The Bertz CT molecular complexity index is 1570. The molecule has 4 aromatic rings. The van der Waals surface area contributed by atoms with E-state index in [-0.39, 0.29) is 24.3 Å². The molecule has 0 bridgehead atoms. The van der Waals surface area contributed by atoms with E-state index in [2.05, 4.69) is 10.6 Å². The number of carbonyl (C=O) groups excluding carboxylic acids is 3. The number of carbonyl (C=O) groups is 3. The van der Waals surface area contributed by atoms with Crippen LogP contribution in [-0.4, -0.2) is 75.7 Å². The zero-order valence-electron chi connectivity index (χ0n) is 22.9. The number of aliphatic hydroxyl groups is 1. The van der Waals surface area contributed by atoms with Crippen molar-refractivity contribution in [2.45, 2.75) is 38.9 Å². The lowest BCUT2D eigenvalue weighted by molar-refractivity contribution is -0.0122. The second kappa shape index (κ2) is 10.9. The predicted octanol–water partition coefficient (Wildman–Crippen LogP) is 3.92. The summed E-state index contributed by atoms with van der Waals surface area (Å²) in [6.45, 7) is 6.38. The number of aliphatic hydroxyl groups excluding tert-OH is 1. The summed E-state index contributed by atoms with van der Waals surface area (Å²) >= 11 is 1.49. The van der Waals surface area contributed by atoms with Crippen molar-refractivity contribution < 1.29 is 24.2 Å². The minimum Gasteiger partial charge on any atom is -0.444 e. The molecule has 3 amide bonds. The molecule has 0 radical (unpaired) electrons. The zero-order chi connectivity index (χ0) is 28.6.